The number of carbonyl (C=O) groups is 2. The maximum absolute atomic E-state index is 11.7. The lowest BCUT2D eigenvalue weighted by atomic mass is 10.1. The maximum Gasteiger partial charge on any atom is 0.326 e. The number of aromatic amines is 1. The summed E-state index contributed by atoms with van der Waals surface area (Å²) >= 11 is 0. The first-order valence-corrected chi connectivity index (χ1v) is 5.30. The van der Waals surface area contributed by atoms with Crippen molar-refractivity contribution in [3.8, 4) is 0 Å². The van der Waals surface area contributed by atoms with Crippen molar-refractivity contribution in [2.24, 2.45) is 5.92 Å². The molecule has 0 aromatic carbocycles. The molecule has 1 aliphatic carbocycles. The minimum Gasteiger partial charge on any atom is -0.480 e. The van der Waals surface area contributed by atoms with Crippen LogP contribution < -0.4 is 10.7 Å². The lowest BCUT2D eigenvalue weighted by Crippen LogP contribution is -2.43. The molecule has 17 heavy (non-hydrogen) atoms. The van der Waals surface area contributed by atoms with Gasteiger partial charge in [-0.3, -0.25) is 9.59 Å². The second-order valence-electron chi connectivity index (χ2n) is 4.05. The molecule has 6 heteroatoms. The van der Waals surface area contributed by atoms with Gasteiger partial charge >= 0.3 is 5.97 Å². The van der Waals surface area contributed by atoms with Gasteiger partial charge < -0.3 is 15.4 Å². The molecule has 1 heterocycles. The molecule has 1 aliphatic rings. The van der Waals surface area contributed by atoms with Crippen LogP contribution in [0.3, 0.4) is 0 Å². The zero-order chi connectivity index (χ0) is 12.4. The van der Waals surface area contributed by atoms with Gasteiger partial charge in [-0.1, -0.05) is 0 Å². The smallest absolute Gasteiger partial charge is 0.326 e. The van der Waals surface area contributed by atoms with Crippen molar-refractivity contribution in [2.75, 3.05) is 0 Å². The first-order chi connectivity index (χ1) is 8.09. The van der Waals surface area contributed by atoms with Gasteiger partial charge in [0.1, 0.15) is 11.6 Å². The van der Waals surface area contributed by atoms with E-state index in [1.807, 2.05) is 0 Å². The van der Waals surface area contributed by atoms with E-state index in [1.165, 1.54) is 18.5 Å². The number of carbonyl (C=O) groups excluding carboxylic acids is 1. The molecule has 6 nitrogen and oxygen atoms in total. The van der Waals surface area contributed by atoms with E-state index in [0.717, 1.165) is 12.8 Å². The van der Waals surface area contributed by atoms with Gasteiger partial charge in [-0.15, -0.1) is 0 Å². The number of carboxylic acid groups (broad SMARTS) is 1. The summed E-state index contributed by atoms with van der Waals surface area (Å²) < 4.78 is 0. The molecule has 1 aromatic heterocycles. The summed E-state index contributed by atoms with van der Waals surface area (Å²) in [6, 6.07) is 0.323. The highest BCUT2D eigenvalue weighted by Crippen LogP contribution is 2.32. The summed E-state index contributed by atoms with van der Waals surface area (Å²) in [5.74, 6) is -1.72. The number of pyridine rings is 1. The molecule has 1 atom stereocenters. The fourth-order valence-electron chi connectivity index (χ4n) is 1.62. The maximum atomic E-state index is 11.7. The van der Waals surface area contributed by atoms with Crippen LogP contribution in [0.2, 0.25) is 0 Å². The van der Waals surface area contributed by atoms with Crippen LogP contribution >= 0.6 is 0 Å². The standard InChI is InChI=1S/C11H12N2O4/c14-8-3-4-12-5-7(8)10(15)13-9(11(16)17)6-1-2-6/h3-6,9H,1-2H2,(H,12,14)(H,13,15)(H,16,17). The molecule has 90 valence electrons. The monoisotopic (exact) mass is 236 g/mol. The molecule has 0 bridgehead atoms. The van der Waals surface area contributed by atoms with E-state index in [1.54, 1.807) is 0 Å². The first kappa shape index (κ1) is 11.4. The van der Waals surface area contributed by atoms with Crippen LogP contribution in [0, 0.1) is 5.92 Å². The first-order valence-electron chi connectivity index (χ1n) is 5.30. The van der Waals surface area contributed by atoms with E-state index in [2.05, 4.69) is 10.3 Å². The van der Waals surface area contributed by atoms with Crippen LogP contribution in [0.1, 0.15) is 23.2 Å². The van der Waals surface area contributed by atoms with Gasteiger partial charge in [-0.05, 0) is 18.8 Å². The Labute approximate surface area is 96.7 Å². The molecule has 1 saturated carbocycles. The summed E-state index contributed by atoms with van der Waals surface area (Å²) in [4.78, 5) is 36.6. The Balaban J connectivity index is 2.13. The predicted molar refractivity (Wildman–Crippen MR) is 58.7 cm³/mol. The molecule has 2 rings (SSSR count). The number of rotatable bonds is 4. The van der Waals surface area contributed by atoms with Crippen LogP contribution in [0.15, 0.2) is 23.3 Å². The zero-order valence-electron chi connectivity index (χ0n) is 8.97. The fraction of sp³-hybridized carbons (Fsp3) is 0.364. The van der Waals surface area contributed by atoms with Crippen molar-refractivity contribution >= 4 is 11.9 Å². The van der Waals surface area contributed by atoms with Gasteiger partial charge in [0.05, 0.1) is 0 Å². The molecule has 0 spiro atoms. The normalized spacial score (nSPS) is 16.2. The fourth-order valence-corrected chi connectivity index (χ4v) is 1.62. The minimum absolute atomic E-state index is 0.0146. The van der Waals surface area contributed by atoms with E-state index in [0.29, 0.717) is 0 Å². The second kappa shape index (κ2) is 4.40. The molecular weight excluding hydrogens is 224 g/mol. The lowest BCUT2D eigenvalue weighted by molar-refractivity contribution is -0.139. The zero-order valence-corrected chi connectivity index (χ0v) is 8.97. The quantitative estimate of drug-likeness (QED) is 0.683. The van der Waals surface area contributed by atoms with Crippen molar-refractivity contribution in [1.29, 1.82) is 0 Å². The van der Waals surface area contributed by atoms with Gasteiger partial charge in [-0.25, -0.2) is 4.79 Å². The number of carboxylic acids is 1. The van der Waals surface area contributed by atoms with Crippen molar-refractivity contribution in [1.82, 2.24) is 10.3 Å². The van der Waals surface area contributed by atoms with Gasteiger partial charge in [0.25, 0.3) is 5.91 Å². The second-order valence-corrected chi connectivity index (χ2v) is 4.05. The Morgan fingerprint density at radius 3 is 2.71 bits per heavy atom. The van der Waals surface area contributed by atoms with E-state index in [9.17, 15) is 14.4 Å². The van der Waals surface area contributed by atoms with Crippen LogP contribution in [0.4, 0.5) is 0 Å². The number of aliphatic carboxylic acids is 1. The highest BCUT2D eigenvalue weighted by molar-refractivity contribution is 5.96. The van der Waals surface area contributed by atoms with Crippen LogP contribution in [0.5, 0.6) is 0 Å². The predicted octanol–water partition coefficient (Wildman–Crippen LogP) is -0.0321. The molecule has 1 fully saturated rings. The lowest BCUT2D eigenvalue weighted by Gasteiger charge is -2.12. The molecule has 1 aromatic rings. The molecule has 1 unspecified atom stereocenters. The molecule has 0 saturated heterocycles. The Bertz CT molecular complexity index is 504. The third kappa shape index (κ3) is 2.52. The Morgan fingerprint density at radius 1 is 1.47 bits per heavy atom. The van der Waals surface area contributed by atoms with Gasteiger partial charge in [0.15, 0.2) is 5.43 Å². The minimum atomic E-state index is -1.06. The molecule has 1 amide bonds. The highest BCUT2D eigenvalue weighted by Gasteiger charge is 2.37. The van der Waals surface area contributed by atoms with E-state index in [-0.39, 0.29) is 11.5 Å². The van der Waals surface area contributed by atoms with Gasteiger partial charge in [-0.2, -0.15) is 0 Å². The topological polar surface area (TPSA) is 99.3 Å². The van der Waals surface area contributed by atoms with Crippen molar-refractivity contribution in [3.05, 3.63) is 34.2 Å². The van der Waals surface area contributed by atoms with Gasteiger partial charge in [0.2, 0.25) is 0 Å². The summed E-state index contributed by atoms with van der Waals surface area (Å²) in [5.41, 5.74) is -0.499. The summed E-state index contributed by atoms with van der Waals surface area (Å²) in [7, 11) is 0. The largest absolute Gasteiger partial charge is 0.480 e. The summed E-state index contributed by atoms with van der Waals surface area (Å²) in [5, 5.41) is 11.3. The van der Waals surface area contributed by atoms with E-state index < -0.39 is 23.3 Å². The van der Waals surface area contributed by atoms with Crippen LogP contribution in [-0.4, -0.2) is 28.0 Å². The number of aromatic nitrogens is 1. The van der Waals surface area contributed by atoms with Gasteiger partial charge in [0, 0.05) is 18.5 Å². The third-order valence-electron chi connectivity index (χ3n) is 2.71. The summed E-state index contributed by atoms with van der Waals surface area (Å²) in [6.07, 6.45) is 4.27. The average molecular weight is 236 g/mol. The van der Waals surface area contributed by atoms with Crippen LogP contribution in [-0.2, 0) is 4.79 Å². The number of amides is 1. The Kier molecular flexibility index (Phi) is 2.95. The Hall–Kier alpha value is -2.11. The molecule has 0 radical (unpaired) electrons. The average Bonchev–Trinajstić information content (AvgIpc) is 3.09. The number of nitrogens with one attached hydrogen (secondary N) is 2. The van der Waals surface area contributed by atoms with E-state index in [4.69, 9.17) is 5.11 Å². The summed E-state index contributed by atoms with van der Waals surface area (Å²) in [6.45, 7) is 0. The van der Waals surface area contributed by atoms with Crippen LogP contribution in [0.25, 0.3) is 0 Å². The van der Waals surface area contributed by atoms with Crippen molar-refractivity contribution in [2.45, 2.75) is 18.9 Å². The Morgan fingerprint density at radius 2 is 2.18 bits per heavy atom. The van der Waals surface area contributed by atoms with E-state index >= 15 is 0 Å². The molecule has 3 N–H and O–H groups in total. The number of H-pyrrole nitrogens is 1. The SMILES string of the molecule is O=C(NC(C(=O)O)C1CC1)c1c[nH]ccc1=O. The van der Waals surface area contributed by atoms with Crippen molar-refractivity contribution < 1.29 is 14.7 Å². The number of hydrogen-bond donors (Lipinski definition) is 3. The van der Waals surface area contributed by atoms with Crippen molar-refractivity contribution in [3.63, 3.8) is 0 Å². The molecular formula is C11H12N2O4. The third-order valence-corrected chi connectivity index (χ3v) is 2.71. The highest BCUT2D eigenvalue weighted by atomic mass is 16.4. The number of hydrogen-bond acceptors (Lipinski definition) is 3. The molecule has 0 aliphatic heterocycles.